The number of benzodiazepines with no additional fused rings is 1. The zero-order valence-electron chi connectivity index (χ0n) is 10.9. The molecule has 20 heavy (non-hydrogen) atoms. The van der Waals surface area contributed by atoms with Crippen molar-refractivity contribution in [1.82, 2.24) is 0 Å². The number of hydrogen-bond donors (Lipinski definition) is 1. The molecule has 1 aliphatic heterocycles. The molecule has 0 saturated heterocycles. The molecular formula is C17H14N2O. The van der Waals surface area contributed by atoms with Crippen LogP contribution in [0.2, 0.25) is 0 Å². The van der Waals surface area contributed by atoms with E-state index in [2.05, 4.69) is 10.3 Å². The van der Waals surface area contributed by atoms with Crippen molar-refractivity contribution in [1.29, 1.82) is 0 Å². The van der Waals surface area contributed by atoms with E-state index >= 15 is 0 Å². The molecule has 0 bridgehead atoms. The summed E-state index contributed by atoms with van der Waals surface area (Å²) in [6, 6.07) is 17.7. The van der Waals surface area contributed by atoms with Gasteiger partial charge in [-0.3, -0.25) is 9.79 Å². The van der Waals surface area contributed by atoms with E-state index in [1.807, 2.05) is 66.7 Å². The molecule has 0 fully saturated rings. The second-order valence-electron chi connectivity index (χ2n) is 4.54. The number of benzene rings is 2. The average Bonchev–Trinajstić information content (AvgIpc) is 2.65. The molecule has 0 unspecified atom stereocenters. The van der Waals surface area contributed by atoms with Gasteiger partial charge in [0, 0.05) is 5.56 Å². The molecule has 3 nitrogen and oxygen atoms in total. The van der Waals surface area contributed by atoms with Crippen molar-refractivity contribution in [3.8, 4) is 0 Å². The first-order valence-electron chi connectivity index (χ1n) is 6.50. The Morgan fingerprint density at radius 1 is 0.950 bits per heavy atom. The fourth-order valence-electron chi connectivity index (χ4n) is 2.13. The van der Waals surface area contributed by atoms with Crippen LogP contribution in [-0.2, 0) is 4.79 Å². The SMILES string of the molecule is O=C1CN=C(/C=C/c2ccccc2)c2ccccc2N1. The van der Waals surface area contributed by atoms with E-state index in [1.54, 1.807) is 0 Å². The summed E-state index contributed by atoms with van der Waals surface area (Å²) in [6.07, 6.45) is 3.96. The lowest BCUT2D eigenvalue weighted by Gasteiger charge is -2.06. The number of amides is 1. The number of allylic oxidation sites excluding steroid dienone is 1. The second-order valence-corrected chi connectivity index (χ2v) is 4.54. The van der Waals surface area contributed by atoms with Crippen LogP contribution in [0.15, 0.2) is 65.7 Å². The van der Waals surface area contributed by atoms with Gasteiger partial charge in [0.2, 0.25) is 5.91 Å². The predicted octanol–water partition coefficient (Wildman–Crippen LogP) is 3.14. The third-order valence-corrected chi connectivity index (χ3v) is 3.10. The van der Waals surface area contributed by atoms with Crippen LogP contribution < -0.4 is 5.32 Å². The summed E-state index contributed by atoms with van der Waals surface area (Å²) in [4.78, 5) is 16.0. The summed E-state index contributed by atoms with van der Waals surface area (Å²) in [7, 11) is 0. The molecule has 0 aromatic heterocycles. The number of aliphatic imine (C=N–C) groups is 1. The first-order valence-corrected chi connectivity index (χ1v) is 6.50. The molecule has 1 heterocycles. The summed E-state index contributed by atoms with van der Waals surface area (Å²) >= 11 is 0. The molecule has 3 rings (SSSR count). The lowest BCUT2D eigenvalue weighted by molar-refractivity contribution is -0.114. The van der Waals surface area contributed by atoms with E-state index < -0.39 is 0 Å². The molecule has 3 heteroatoms. The van der Waals surface area contributed by atoms with Gasteiger partial charge in [0.15, 0.2) is 0 Å². The number of carbonyl (C=O) groups is 1. The number of carbonyl (C=O) groups excluding carboxylic acids is 1. The van der Waals surface area contributed by atoms with Gasteiger partial charge in [0.25, 0.3) is 0 Å². The predicted molar refractivity (Wildman–Crippen MR) is 82.0 cm³/mol. The van der Waals surface area contributed by atoms with Gasteiger partial charge in [0.05, 0.1) is 11.4 Å². The maximum Gasteiger partial charge on any atom is 0.246 e. The topological polar surface area (TPSA) is 41.5 Å². The molecule has 0 spiro atoms. The Labute approximate surface area is 117 Å². The van der Waals surface area contributed by atoms with Crippen molar-refractivity contribution in [2.24, 2.45) is 4.99 Å². The van der Waals surface area contributed by atoms with Crippen molar-refractivity contribution in [2.45, 2.75) is 0 Å². The molecule has 1 N–H and O–H groups in total. The van der Waals surface area contributed by atoms with E-state index in [9.17, 15) is 4.79 Å². The fraction of sp³-hybridized carbons (Fsp3) is 0.0588. The number of anilines is 1. The van der Waals surface area contributed by atoms with Crippen molar-refractivity contribution < 1.29 is 4.79 Å². The standard InChI is InChI=1S/C17H14N2O/c20-17-12-18-15(11-10-13-6-2-1-3-7-13)14-8-4-5-9-16(14)19-17/h1-11H,12H2,(H,19,20)/b11-10+. The van der Waals surface area contributed by atoms with Crippen LogP contribution in [0.5, 0.6) is 0 Å². The zero-order chi connectivity index (χ0) is 13.8. The monoisotopic (exact) mass is 262 g/mol. The summed E-state index contributed by atoms with van der Waals surface area (Å²) in [5.41, 5.74) is 3.69. The summed E-state index contributed by atoms with van der Waals surface area (Å²) in [5, 5.41) is 2.86. The number of fused-ring (bicyclic) bond motifs is 1. The van der Waals surface area contributed by atoms with Gasteiger partial charge in [-0.15, -0.1) is 0 Å². The van der Waals surface area contributed by atoms with Crippen LogP contribution in [0.25, 0.3) is 6.08 Å². The summed E-state index contributed by atoms with van der Waals surface area (Å²) in [5.74, 6) is -0.0828. The van der Waals surface area contributed by atoms with Crippen molar-refractivity contribution >= 4 is 23.4 Å². The maximum absolute atomic E-state index is 11.6. The maximum atomic E-state index is 11.6. The molecule has 0 radical (unpaired) electrons. The minimum atomic E-state index is -0.0828. The van der Waals surface area contributed by atoms with Crippen LogP contribution in [0.4, 0.5) is 5.69 Å². The van der Waals surface area contributed by atoms with Gasteiger partial charge < -0.3 is 5.32 Å². The molecule has 0 atom stereocenters. The highest BCUT2D eigenvalue weighted by Crippen LogP contribution is 2.19. The number of nitrogens with zero attached hydrogens (tertiary/aromatic N) is 1. The Bertz CT molecular complexity index is 687. The van der Waals surface area contributed by atoms with E-state index in [4.69, 9.17) is 0 Å². The van der Waals surface area contributed by atoms with Crippen molar-refractivity contribution in [3.63, 3.8) is 0 Å². The molecule has 98 valence electrons. The summed E-state index contributed by atoms with van der Waals surface area (Å²) < 4.78 is 0. The van der Waals surface area contributed by atoms with E-state index in [0.717, 1.165) is 22.5 Å². The van der Waals surface area contributed by atoms with Gasteiger partial charge in [-0.25, -0.2) is 0 Å². The lowest BCUT2D eigenvalue weighted by atomic mass is 10.1. The Hall–Kier alpha value is -2.68. The number of nitrogens with one attached hydrogen (secondary N) is 1. The minimum absolute atomic E-state index is 0.0828. The molecule has 2 aromatic carbocycles. The number of hydrogen-bond acceptors (Lipinski definition) is 2. The van der Waals surface area contributed by atoms with Crippen LogP contribution in [0, 0.1) is 0 Å². The van der Waals surface area contributed by atoms with Crippen molar-refractivity contribution in [2.75, 3.05) is 11.9 Å². The third-order valence-electron chi connectivity index (χ3n) is 3.10. The molecule has 0 saturated carbocycles. The number of rotatable bonds is 2. The highest BCUT2D eigenvalue weighted by molar-refractivity contribution is 6.17. The fourth-order valence-corrected chi connectivity index (χ4v) is 2.13. The highest BCUT2D eigenvalue weighted by atomic mass is 16.1. The molecule has 0 aliphatic carbocycles. The van der Waals surface area contributed by atoms with Gasteiger partial charge in [-0.1, -0.05) is 54.6 Å². The average molecular weight is 262 g/mol. The Morgan fingerprint density at radius 2 is 1.70 bits per heavy atom. The van der Waals surface area contributed by atoms with Gasteiger partial charge in [-0.05, 0) is 17.7 Å². The van der Waals surface area contributed by atoms with Gasteiger partial charge in [-0.2, -0.15) is 0 Å². The first kappa shape index (κ1) is 12.4. The summed E-state index contributed by atoms with van der Waals surface area (Å²) in [6.45, 7) is 0.156. The Morgan fingerprint density at radius 3 is 2.55 bits per heavy atom. The Kier molecular flexibility index (Phi) is 3.42. The van der Waals surface area contributed by atoms with Crippen LogP contribution in [0.1, 0.15) is 11.1 Å². The van der Waals surface area contributed by atoms with E-state index in [-0.39, 0.29) is 12.5 Å². The van der Waals surface area contributed by atoms with Crippen LogP contribution in [-0.4, -0.2) is 18.2 Å². The molecule has 2 aromatic rings. The van der Waals surface area contributed by atoms with Crippen LogP contribution >= 0.6 is 0 Å². The normalized spacial score (nSPS) is 14.4. The second kappa shape index (κ2) is 5.53. The Balaban J connectivity index is 1.96. The largest absolute Gasteiger partial charge is 0.324 e. The number of para-hydroxylation sites is 1. The van der Waals surface area contributed by atoms with Gasteiger partial charge >= 0.3 is 0 Å². The lowest BCUT2D eigenvalue weighted by Crippen LogP contribution is -2.13. The van der Waals surface area contributed by atoms with E-state index in [0.29, 0.717) is 0 Å². The third kappa shape index (κ3) is 2.67. The van der Waals surface area contributed by atoms with E-state index in [1.165, 1.54) is 0 Å². The minimum Gasteiger partial charge on any atom is -0.324 e. The van der Waals surface area contributed by atoms with Crippen molar-refractivity contribution in [3.05, 3.63) is 71.8 Å². The van der Waals surface area contributed by atoms with Gasteiger partial charge in [0.1, 0.15) is 6.54 Å². The highest BCUT2D eigenvalue weighted by Gasteiger charge is 2.13. The quantitative estimate of drug-likeness (QED) is 0.887. The van der Waals surface area contributed by atoms with Crippen LogP contribution in [0.3, 0.4) is 0 Å². The molecular weight excluding hydrogens is 248 g/mol. The molecule has 1 aliphatic rings. The first-order chi connectivity index (χ1) is 9.83. The zero-order valence-corrected chi connectivity index (χ0v) is 10.9. The smallest absolute Gasteiger partial charge is 0.246 e. The molecule has 1 amide bonds.